The maximum atomic E-state index is 13.0. The Morgan fingerprint density at radius 3 is 2.63 bits per heavy atom. The Bertz CT molecular complexity index is 590. The van der Waals surface area contributed by atoms with Crippen LogP contribution in [0.25, 0.3) is 0 Å². The van der Waals surface area contributed by atoms with Crippen molar-refractivity contribution in [2.24, 2.45) is 0 Å². The summed E-state index contributed by atoms with van der Waals surface area (Å²) < 4.78 is 31.3. The summed E-state index contributed by atoms with van der Waals surface area (Å²) in [4.78, 5) is 4.24. The van der Waals surface area contributed by atoms with E-state index in [9.17, 15) is 8.78 Å². The molecule has 0 aliphatic heterocycles. The van der Waals surface area contributed by atoms with Crippen molar-refractivity contribution < 1.29 is 13.5 Å². The summed E-state index contributed by atoms with van der Waals surface area (Å²) in [7, 11) is 0. The predicted octanol–water partition coefficient (Wildman–Crippen LogP) is 3.99. The van der Waals surface area contributed by atoms with Crippen LogP contribution in [0, 0.1) is 18.6 Å². The molecule has 2 rings (SSSR count). The van der Waals surface area contributed by atoms with E-state index in [4.69, 9.17) is 16.3 Å². The zero-order chi connectivity index (χ0) is 13.8. The fraction of sp³-hybridized carbons (Fsp3) is 0.214. The van der Waals surface area contributed by atoms with Gasteiger partial charge in [0, 0.05) is 5.69 Å². The number of nitrogens with zero attached hydrogens (tertiary/aromatic N) is 1. The molecular weight excluding hydrogens is 272 g/mol. The SMILES string of the molecule is Cc1ccc(OCc2ccc(F)c(F)c2)c(CCl)n1. The topological polar surface area (TPSA) is 22.1 Å². The van der Waals surface area contributed by atoms with E-state index in [1.165, 1.54) is 6.07 Å². The number of pyridine rings is 1. The van der Waals surface area contributed by atoms with E-state index < -0.39 is 11.6 Å². The molecule has 2 aromatic rings. The van der Waals surface area contributed by atoms with Gasteiger partial charge in [-0.25, -0.2) is 8.78 Å². The molecule has 0 bridgehead atoms. The second-order valence-corrected chi connectivity index (χ2v) is 4.34. The summed E-state index contributed by atoms with van der Waals surface area (Å²) in [6, 6.07) is 7.22. The lowest BCUT2D eigenvalue weighted by atomic mass is 10.2. The van der Waals surface area contributed by atoms with Crippen LogP contribution >= 0.6 is 11.6 Å². The van der Waals surface area contributed by atoms with Gasteiger partial charge in [-0.2, -0.15) is 0 Å². The third-order valence-corrected chi connectivity index (χ3v) is 2.83. The Labute approximate surface area is 115 Å². The Kier molecular flexibility index (Phi) is 4.32. The van der Waals surface area contributed by atoms with Crippen molar-refractivity contribution in [2.75, 3.05) is 0 Å². The fourth-order valence-electron chi connectivity index (χ4n) is 1.62. The highest BCUT2D eigenvalue weighted by molar-refractivity contribution is 6.17. The minimum Gasteiger partial charge on any atom is -0.487 e. The number of benzene rings is 1. The number of hydrogen-bond donors (Lipinski definition) is 0. The Morgan fingerprint density at radius 1 is 1.16 bits per heavy atom. The lowest BCUT2D eigenvalue weighted by molar-refractivity contribution is 0.301. The van der Waals surface area contributed by atoms with E-state index in [0.717, 1.165) is 17.8 Å². The van der Waals surface area contributed by atoms with E-state index >= 15 is 0 Å². The van der Waals surface area contributed by atoms with Crippen molar-refractivity contribution in [3.05, 3.63) is 58.9 Å². The summed E-state index contributed by atoms with van der Waals surface area (Å²) in [5.41, 5.74) is 2.01. The van der Waals surface area contributed by atoms with Crippen LogP contribution in [-0.4, -0.2) is 4.98 Å². The maximum Gasteiger partial charge on any atom is 0.159 e. The summed E-state index contributed by atoms with van der Waals surface area (Å²) in [6.07, 6.45) is 0. The molecule has 0 saturated heterocycles. The number of alkyl halides is 1. The lowest BCUT2D eigenvalue weighted by Crippen LogP contribution is -2.01. The Hall–Kier alpha value is -1.68. The summed E-state index contributed by atoms with van der Waals surface area (Å²) in [6.45, 7) is 1.99. The van der Waals surface area contributed by atoms with Gasteiger partial charge in [-0.1, -0.05) is 6.07 Å². The molecule has 1 aromatic carbocycles. The molecule has 0 aliphatic rings. The fourth-order valence-corrected chi connectivity index (χ4v) is 1.81. The molecule has 0 spiro atoms. The van der Waals surface area contributed by atoms with E-state index in [0.29, 0.717) is 17.0 Å². The molecule has 1 heterocycles. The summed E-state index contributed by atoms with van der Waals surface area (Å²) >= 11 is 5.78. The van der Waals surface area contributed by atoms with Crippen LogP contribution in [0.1, 0.15) is 17.0 Å². The van der Waals surface area contributed by atoms with Crippen LogP contribution in [0.2, 0.25) is 0 Å². The number of halogens is 3. The number of aryl methyl sites for hydroxylation is 1. The standard InChI is InChI=1S/C14H12ClF2NO/c1-9-2-5-14(13(7-15)18-9)19-8-10-3-4-11(16)12(17)6-10/h2-6H,7-8H2,1H3. The van der Waals surface area contributed by atoms with Crippen LogP contribution in [0.5, 0.6) is 5.75 Å². The average Bonchev–Trinajstić information content (AvgIpc) is 2.41. The quantitative estimate of drug-likeness (QED) is 0.792. The Morgan fingerprint density at radius 2 is 1.95 bits per heavy atom. The highest BCUT2D eigenvalue weighted by Crippen LogP contribution is 2.20. The molecule has 100 valence electrons. The first kappa shape index (κ1) is 13.7. The first-order chi connectivity index (χ1) is 9.10. The number of rotatable bonds is 4. The van der Waals surface area contributed by atoms with E-state index in [-0.39, 0.29) is 12.5 Å². The van der Waals surface area contributed by atoms with Gasteiger partial charge in [0.15, 0.2) is 11.6 Å². The molecule has 0 aliphatic carbocycles. The second-order valence-electron chi connectivity index (χ2n) is 4.07. The third kappa shape index (κ3) is 3.41. The van der Waals surface area contributed by atoms with Crippen molar-refractivity contribution in [3.8, 4) is 5.75 Å². The van der Waals surface area contributed by atoms with E-state index in [1.54, 1.807) is 12.1 Å². The number of hydrogen-bond acceptors (Lipinski definition) is 2. The third-order valence-electron chi connectivity index (χ3n) is 2.58. The van der Waals surface area contributed by atoms with Crippen LogP contribution < -0.4 is 4.74 Å². The van der Waals surface area contributed by atoms with E-state index in [1.807, 2.05) is 6.92 Å². The molecular formula is C14H12ClF2NO. The molecule has 0 radical (unpaired) electrons. The monoisotopic (exact) mass is 283 g/mol. The van der Waals surface area contributed by atoms with Crippen molar-refractivity contribution in [2.45, 2.75) is 19.4 Å². The van der Waals surface area contributed by atoms with Gasteiger partial charge in [-0.15, -0.1) is 11.6 Å². The average molecular weight is 284 g/mol. The van der Waals surface area contributed by atoms with Crippen molar-refractivity contribution >= 4 is 11.6 Å². The molecule has 1 aromatic heterocycles. The molecule has 0 N–H and O–H groups in total. The van der Waals surface area contributed by atoms with Gasteiger partial charge in [0.2, 0.25) is 0 Å². The zero-order valence-electron chi connectivity index (χ0n) is 10.3. The smallest absolute Gasteiger partial charge is 0.159 e. The van der Waals surface area contributed by atoms with Gasteiger partial charge in [0.1, 0.15) is 12.4 Å². The van der Waals surface area contributed by atoms with Gasteiger partial charge in [0.25, 0.3) is 0 Å². The van der Waals surface area contributed by atoms with Gasteiger partial charge in [-0.05, 0) is 36.8 Å². The second kappa shape index (κ2) is 5.97. The van der Waals surface area contributed by atoms with E-state index in [2.05, 4.69) is 4.98 Å². The maximum absolute atomic E-state index is 13.0. The molecule has 0 unspecified atom stereocenters. The van der Waals surface area contributed by atoms with Crippen LogP contribution in [0.3, 0.4) is 0 Å². The molecule has 5 heteroatoms. The summed E-state index contributed by atoms with van der Waals surface area (Å²) in [5.74, 6) is -0.984. The van der Waals surface area contributed by atoms with Crippen molar-refractivity contribution in [1.29, 1.82) is 0 Å². The highest BCUT2D eigenvalue weighted by Gasteiger charge is 2.07. The molecule has 0 saturated carbocycles. The van der Waals surface area contributed by atoms with Crippen LogP contribution in [0.4, 0.5) is 8.78 Å². The molecule has 0 amide bonds. The zero-order valence-corrected chi connectivity index (χ0v) is 11.0. The van der Waals surface area contributed by atoms with Gasteiger partial charge >= 0.3 is 0 Å². The molecule has 0 fully saturated rings. The van der Waals surface area contributed by atoms with Gasteiger partial charge in [0.05, 0.1) is 11.6 Å². The molecule has 0 atom stereocenters. The minimum atomic E-state index is -0.888. The van der Waals surface area contributed by atoms with Crippen molar-refractivity contribution in [3.63, 3.8) is 0 Å². The Balaban J connectivity index is 2.12. The largest absolute Gasteiger partial charge is 0.487 e. The molecule has 19 heavy (non-hydrogen) atoms. The normalized spacial score (nSPS) is 10.5. The van der Waals surface area contributed by atoms with Crippen molar-refractivity contribution in [1.82, 2.24) is 4.98 Å². The lowest BCUT2D eigenvalue weighted by Gasteiger charge is -2.10. The van der Waals surface area contributed by atoms with Crippen LogP contribution in [-0.2, 0) is 12.5 Å². The first-order valence-corrected chi connectivity index (χ1v) is 6.23. The van der Waals surface area contributed by atoms with Gasteiger partial charge in [-0.3, -0.25) is 4.98 Å². The minimum absolute atomic E-state index is 0.131. The predicted molar refractivity (Wildman–Crippen MR) is 69.2 cm³/mol. The number of aromatic nitrogens is 1. The number of ether oxygens (including phenoxy) is 1. The highest BCUT2D eigenvalue weighted by atomic mass is 35.5. The molecule has 2 nitrogen and oxygen atoms in total. The first-order valence-electron chi connectivity index (χ1n) is 5.69. The van der Waals surface area contributed by atoms with Crippen LogP contribution in [0.15, 0.2) is 30.3 Å². The van der Waals surface area contributed by atoms with Gasteiger partial charge < -0.3 is 4.74 Å². The summed E-state index contributed by atoms with van der Waals surface area (Å²) in [5, 5.41) is 0.